The number of fused-ring (bicyclic) bond motifs is 5. The third-order valence-corrected chi connectivity index (χ3v) is 18.7. The van der Waals surface area contributed by atoms with Gasteiger partial charge in [-0.3, -0.25) is 0 Å². The first-order valence-electron chi connectivity index (χ1n) is 24.8. The number of hydrogen-bond acceptors (Lipinski definition) is 20. The number of aliphatic hydroxyl groups is 14. The quantitative estimate of drug-likeness (QED) is 0.0783. The lowest BCUT2D eigenvalue weighted by molar-refractivity contribution is -0.342. The van der Waals surface area contributed by atoms with Crippen LogP contribution in [0.4, 0.5) is 0 Å². The van der Waals surface area contributed by atoms with Crippen molar-refractivity contribution in [2.75, 3.05) is 19.8 Å². The Labute approximate surface area is 398 Å². The van der Waals surface area contributed by atoms with Crippen molar-refractivity contribution in [1.82, 2.24) is 0 Å². The first-order chi connectivity index (χ1) is 31.8. The van der Waals surface area contributed by atoms with E-state index >= 15 is 0 Å². The number of hydrogen-bond donors (Lipinski definition) is 14. The van der Waals surface area contributed by atoms with Gasteiger partial charge in [0.1, 0.15) is 73.2 Å². The van der Waals surface area contributed by atoms with Gasteiger partial charge in [0.05, 0.1) is 49.8 Å². The Bertz CT molecular complexity index is 1710. The highest BCUT2D eigenvalue weighted by Gasteiger charge is 2.71. The molecule has 3 saturated heterocycles. The second-order valence-electron chi connectivity index (χ2n) is 22.4. The van der Waals surface area contributed by atoms with Gasteiger partial charge in [-0.05, 0) is 93.3 Å². The van der Waals surface area contributed by atoms with Crippen LogP contribution in [0.1, 0.15) is 99.8 Å². The fourth-order valence-corrected chi connectivity index (χ4v) is 14.4. The molecule has 3 heterocycles. The third-order valence-electron chi connectivity index (χ3n) is 18.7. The SMILES string of the molecule is CC[C@@]12CCC([C@H](C)C(O)C[C@@H](O[C@@H]3O[C@H](CO[C@@H]4O[C@H](CO)[C@@H](O)[C@H](O)[C@H]4O)[C@@H](O)[C@H](O)[C@H]3O)C(C)(C)O)[C@@]1(C)C[C@@H](O)[C@@]1(C)[C@@H]3CC[C@H](O[C@@H]4O[C@H](CO)[C@@H](O)[C@H](O)[C@H]4O)[C@H](C)C3=CC[C@H]12. The van der Waals surface area contributed by atoms with Crippen molar-refractivity contribution in [3.63, 3.8) is 0 Å². The predicted octanol–water partition coefficient (Wildman–Crippen LogP) is -2.09. The normalized spacial score (nSPS) is 51.2. The van der Waals surface area contributed by atoms with Gasteiger partial charge in [-0.15, -0.1) is 0 Å². The van der Waals surface area contributed by atoms with Gasteiger partial charge in [-0.1, -0.05) is 46.3 Å². The standard InChI is InChI=1S/C48H82O20/c1-8-48-14-13-23(46(48,6)16-31(52)47(7)24-10-11-26(20(2)22(24)9-12-30(47)48)64-43-40(60)37(57)34(54)28(18-50)66-43)21(3)25(51)15-32(45(4,5)62)68-44-41(61)38(58)35(55)29(67-44)19-63-42-39(59)36(56)33(53)27(17-49)65-42/h9,20-21,23-44,49-62H,8,10-19H2,1-7H3/t20-,21+,23?,24-,25?,26+,27-,28-,29-,30-,31-,32-,33-,34-,35-,36+,37+,38+,39-,40-,41-,42-,43-,44+,46-,47+,48+/m1/s1. The average molecular weight is 979 g/mol. The second-order valence-corrected chi connectivity index (χ2v) is 22.4. The van der Waals surface area contributed by atoms with Crippen LogP contribution in [0.25, 0.3) is 0 Å². The summed E-state index contributed by atoms with van der Waals surface area (Å²) in [5, 5.41) is 150. The molecule has 0 aromatic rings. The third kappa shape index (κ3) is 9.30. The predicted molar refractivity (Wildman–Crippen MR) is 236 cm³/mol. The molecular weight excluding hydrogens is 897 g/mol. The molecule has 7 rings (SSSR count). The summed E-state index contributed by atoms with van der Waals surface area (Å²) in [6, 6.07) is 0. The van der Waals surface area contributed by atoms with E-state index in [2.05, 4.69) is 33.8 Å². The lowest BCUT2D eigenvalue weighted by Gasteiger charge is -2.67. The Kier molecular flexibility index (Phi) is 16.6. The fourth-order valence-electron chi connectivity index (χ4n) is 14.4. The summed E-state index contributed by atoms with van der Waals surface area (Å²) in [5.74, 6) is -0.380. The molecule has 14 N–H and O–H groups in total. The van der Waals surface area contributed by atoms with Crippen molar-refractivity contribution in [3.05, 3.63) is 11.6 Å². The summed E-state index contributed by atoms with van der Waals surface area (Å²) in [4.78, 5) is 0. The molecule has 0 bridgehead atoms. The molecule has 27 atom stereocenters. The Morgan fingerprint density at radius 2 is 1.29 bits per heavy atom. The van der Waals surface area contributed by atoms with Crippen molar-refractivity contribution < 1.29 is 99.9 Å². The maximum absolute atomic E-state index is 12.6. The van der Waals surface area contributed by atoms with Crippen molar-refractivity contribution in [1.29, 1.82) is 0 Å². The van der Waals surface area contributed by atoms with Crippen molar-refractivity contribution >= 4 is 0 Å². The zero-order valence-corrected chi connectivity index (χ0v) is 40.4. The van der Waals surface area contributed by atoms with E-state index in [9.17, 15) is 71.5 Å². The molecule has 20 heteroatoms. The lowest BCUT2D eigenvalue weighted by Crippen LogP contribution is -2.65. The molecule has 0 aromatic carbocycles. The van der Waals surface area contributed by atoms with Gasteiger partial charge >= 0.3 is 0 Å². The summed E-state index contributed by atoms with van der Waals surface area (Å²) in [7, 11) is 0. The average Bonchev–Trinajstić information content (AvgIpc) is 3.60. The summed E-state index contributed by atoms with van der Waals surface area (Å²) in [5.41, 5.74) is -1.55. The molecule has 3 aliphatic heterocycles. The van der Waals surface area contributed by atoms with Crippen LogP contribution in [-0.4, -0.2) is 213 Å². The molecule has 394 valence electrons. The molecule has 4 aliphatic carbocycles. The fraction of sp³-hybridized carbons (Fsp3) is 0.958. The molecule has 0 aromatic heterocycles. The van der Waals surface area contributed by atoms with Gasteiger partial charge in [0.25, 0.3) is 0 Å². The van der Waals surface area contributed by atoms with E-state index in [-0.39, 0.29) is 47.5 Å². The van der Waals surface area contributed by atoms with Crippen molar-refractivity contribution in [2.24, 2.45) is 45.8 Å². The molecule has 0 amide bonds. The van der Waals surface area contributed by atoms with Crippen LogP contribution >= 0.6 is 0 Å². The summed E-state index contributed by atoms with van der Waals surface area (Å²) >= 11 is 0. The smallest absolute Gasteiger partial charge is 0.187 e. The van der Waals surface area contributed by atoms with Crippen molar-refractivity contribution in [3.8, 4) is 0 Å². The Balaban J connectivity index is 1.04. The van der Waals surface area contributed by atoms with E-state index in [1.165, 1.54) is 19.4 Å². The Hall–Kier alpha value is -1.06. The van der Waals surface area contributed by atoms with Crippen LogP contribution in [0.3, 0.4) is 0 Å². The van der Waals surface area contributed by atoms with Crippen LogP contribution in [0.2, 0.25) is 0 Å². The molecule has 3 saturated carbocycles. The van der Waals surface area contributed by atoms with Gasteiger partial charge in [0.2, 0.25) is 0 Å². The zero-order chi connectivity index (χ0) is 50.2. The molecule has 20 nitrogen and oxygen atoms in total. The highest BCUT2D eigenvalue weighted by molar-refractivity contribution is 5.29. The maximum Gasteiger partial charge on any atom is 0.187 e. The summed E-state index contributed by atoms with van der Waals surface area (Å²) < 4.78 is 35.0. The first kappa shape index (κ1) is 54.7. The van der Waals surface area contributed by atoms with Crippen LogP contribution in [0, 0.1) is 45.8 Å². The monoisotopic (exact) mass is 979 g/mol. The minimum Gasteiger partial charge on any atom is -0.394 e. The van der Waals surface area contributed by atoms with E-state index in [1.54, 1.807) is 0 Å². The van der Waals surface area contributed by atoms with Gasteiger partial charge in [-0.25, -0.2) is 0 Å². The lowest BCUT2D eigenvalue weighted by atomic mass is 9.38. The van der Waals surface area contributed by atoms with Gasteiger partial charge in [0.15, 0.2) is 18.9 Å². The number of ether oxygens (including phenoxy) is 6. The van der Waals surface area contributed by atoms with E-state index < -0.39 is 147 Å². The number of aliphatic hydroxyl groups excluding tert-OH is 13. The Morgan fingerprint density at radius 1 is 0.750 bits per heavy atom. The van der Waals surface area contributed by atoms with E-state index in [0.717, 1.165) is 25.7 Å². The van der Waals surface area contributed by atoms with Gasteiger partial charge in [-0.2, -0.15) is 0 Å². The molecule has 2 unspecified atom stereocenters. The minimum atomic E-state index is -1.82. The second kappa shape index (κ2) is 20.7. The topological polar surface area (TPSA) is 339 Å². The number of allylic oxidation sites excluding steroid dienone is 1. The molecule has 0 radical (unpaired) electrons. The van der Waals surface area contributed by atoms with E-state index in [4.69, 9.17) is 28.4 Å². The van der Waals surface area contributed by atoms with Crippen LogP contribution < -0.4 is 0 Å². The van der Waals surface area contributed by atoms with Gasteiger partial charge < -0.3 is 99.9 Å². The first-order valence-corrected chi connectivity index (χ1v) is 24.8. The van der Waals surface area contributed by atoms with Gasteiger partial charge in [0, 0.05) is 17.8 Å². The number of rotatable bonds is 15. The highest BCUT2D eigenvalue weighted by atomic mass is 16.7. The zero-order valence-electron chi connectivity index (χ0n) is 40.4. The molecule has 6 fully saturated rings. The Morgan fingerprint density at radius 3 is 1.87 bits per heavy atom. The highest BCUT2D eigenvalue weighted by Crippen LogP contribution is 2.75. The summed E-state index contributed by atoms with van der Waals surface area (Å²) in [6.07, 6.45) is -19.3. The van der Waals surface area contributed by atoms with Crippen LogP contribution in [0.5, 0.6) is 0 Å². The van der Waals surface area contributed by atoms with Crippen molar-refractivity contribution in [2.45, 2.75) is 222 Å². The molecular formula is C48H82O20. The molecule has 7 aliphatic rings. The van der Waals surface area contributed by atoms with E-state index in [1.807, 2.05) is 6.92 Å². The molecule has 0 spiro atoms. The summed E-state index contributed by atoms with van der Waals surface area (Å²) in [6.45, 7) is 11.9. The maximum atomic E-state index is 12.6. The van der Waals surface area contributed by atoms with E-state index in [0.29, 0.717) is 19.3 Å². The molecule has 68 heavy (non-hydrogen) atoms. The van der Waals surface area contributed by atoms with Crippen LogP contribution in [0.15, 0.2) is 11.6 Å². The minimum absolute atomic E-state index is 0.0384. The van der Waals surface area contributed by atoms with Crippen LogP contribution in [-0.2, 0) is 28.4 Å². The largest absolute Gasteiger partial charge is 0.394 e.